The molecule has 9 nitrogen and oxygen atoms in total. The molecule has 2 aromatic carbocycles. The first-order valence-electron chi connectivity index (χ1n) is 11.0. The van der Waals surface area contributed by atoms with E-state index in [0.717, 1.165) is 45.0 Å². The van der Waals surface area contributed by atoms with Gasteiger partial charge in [0.15, 0.2) is 18.0 Å². The highest BCUT2D eigenvalue weighted by atomic mass is 19.4. The number of ether oxygens (including phenoxy) is 5. The summed E-state index contributed by atoms with van der Waals surface area (Å²) in [4.78, 5) is 47.5. The van der Waals surface area contributed by atoms with E-state index < -0.39 is 60.0 Å². The van der Waals surface area contributed by atoms with Gasteiger partial charge in [0.2, 0.25) is 12.4 Å². The van der Waals surface area contributed by atoms with Gasteiger partial charge >= 0.3 is 24.1 Å². The van der Waals surface area contributed by atoms with Gasteiger partial charge in [-0.2, -0.15) is 13.2 Å². The van der Waals surface area contributed by atoms with Crippen molar-refractivity contribution in [2.24, 2.45) is 0 Å². The van der Waals surface area contributed by atoms with Crippen LogP contribution in [0.5, 0.6) is 5.75 Å². The second-order valence-corrected chi connectivity index (χ2v) is 8.04. The fourth-order valence-corrected chi connectivity index (χ4v) is 3.61. The number of carbonyl (C=O) groups is 4. The first-order chi connectivity index (χ1) is 17.3. The van der Waals surface area contributed by atoms with Crippen LogP contribution in [0.1, 0.15) is 42.3 Å². The summed E-state index contributed by atoms with van der Waals surface area (Å²) in [6, 6.07) is 9.42. The Bertz CT molecular complexity index is 1140. The highest BCUT2D eigenvalue weighted by Crippen LogP contribution is 2.30. The SMILES string of the molecule is CC(=O)O[C@H]1[C@H](OC(C)=O)COC(Oc2ccc(C(=O)c3ccc(C(F)(F)F)cc3)cc2)[C@@H]1OC(C)=O. The number of hydrogen-bond donors (Lipinski definition) is 0. The summed E-state index contributed by atoms with van der Waals surface area (Å²) in [5.74, 6) is -2.45. The number of rotatable bonds is 7. The van der Waals surface area contributed by atoms with Crippen LogP contribution in [0.2, 0.25) is 0 Å². The van der Waals surface area contributed by atoms with Crippen molar-refractivity contribution in [3.8, 4) is 5.75 Å². The van der Waals surface area contributed by atoms with Crippen LogP contribution < -0.4 is 4.74 Å². The molecule has 0 aliphatic carbocycles. The van der Waals surface area contributed by atoms with E-state index in [1.807, 2.05) is 0 Å². The van der Waals surface area contributed by atoms with Gasteiger partial charge in [-0.25, -0.2) is 0 Å². The Balaban J connectivity index is 1.77. The first kappa shape index (κ1) is 27.7. The molecule has 0 radical (unpaired) electrons. The van der Waals surface area contributed by atoms with Gasteiger partial charge in [0, 0.05) is 31.9 Å². The van der Waals surface area contributed by atoms with Gasteiger partial charge in [-0.1, -0.05) is 12.1 Å². The fraction of sp³-hybridized carbons (Fsp3) is 0.360. The van der Waals surface area contributed by atoms with E-state index >= 15 is 0 Å². The third-order valence-electron chi connectivity index (χ3n) is 5.15. The van der Waals surface area contributed by atoms with Crippen molar-refractivity contribution in [1.29, 1.82) is 0 Å². The van der Waals surface area contributed by atoms with E-state index in [1.54, 1.807) is 0 Å². The fourth-order valence-electron chi connectivity index (χ4n) is 3.61. The lowest BCUT2D eigenvalue weighted by Gasteiger charge is -2.40. The highest BCUT2D eigenvalue weighted by molar-refractivity contribution is 6.09. The predicted octanol–water partition coefficient (Wildman–Crippen LogP) is 3.47. The summed E-state index contributed by atoms with van der Waals surface area (Å²) >= 11 is 0. The molecule has 12 heteroatoms. The number of benzene rings is 2. The lowest BCUT2D eigenvalue weighted by atomic mass is 10.0. The normalized spacial score (nSPS) is 21.5. The number of esters is 3. The Hall–Kier alpha value is -3.93. The number of hydrogen-bond acceptors (Lipinski definition) is 9. The molecule has 1 aliphatic heterocycles. The maximum Gasteiger partial charge on any atom is 0.416 e. The molecule has 0 bridgehead atoms. The Labute approximate surface area is 209 Å². The van der Waals surface area contributed by atoms with Gasteiger partial charge in [0.25, 0.3) is 0 Å². The van der Waals surface area contributed by atoms with E-state index in [9.17, 15) is 32.3 Å². The lowest BCUT2D eigenvalue weighted by Crippen LogP contribution is -2.59. The number of halogens is 3. The summed E-state index contributed by atoms with van der Waals surface area (Å²) in [5.41, 5.74) is -0.625. The van der Waals surface area contributed by atoms with Gasteiger partial charge in [-0.3, -0.25) is 19.2 Å². The molecule has 198 valence electrons. The van der Waals surface area contributed by atoms with Crippen LogP contribution in [-0.2, 0) is 39.5 Å². The Morgan fingerprint density at radius 2 is 1.24 bits per heavy atom. The molecule has 1 aliphatic rings. The van der Waals surface area contributed by atoms with Crippen LogP contribution in [0.3, 0.4) is 0 Å². The Morgan fingerprint density at radius 3 is 1.73 bits per heavy atom. The van der Waals surface area contributed by atoms with E-state index in [2.05, 4.69) is 0 Å². The minimum absolute atomic E-state index is 0.0629. The molecule has 0 aromatic heterocycles. The zero-order valence-electron chi connectivity index (χ0n) is 19.9. The van der Waals surface area contributed by atoms with Gasteiger partial charge in [-0.05, 0) is 36.4 Å². The van der Waals surface area contributed by atoms with Crippen LogP contribution in [0.25, 0.3) is 0 Å². The summed E-state index contributed by atoms with van der Waals surface area (Å²) < 4.78 is 65.3. The van der Waals surface area contributed by atoms with Crippen molar-refractivity contribution >= 4 is 23.7 Å². The molecule has 0 spiro atoms. The summed E-state index contributed by atoms with van der Waals surface area (Å²) in [7, 11) is 0. The first-order valence-corrected chi connectivity index (χ1v) is 11.0. The van der Waals surface area contributed by atoms with Crippen LogP contribution in [0, 0.1) is 0 Å². The lowest BCUT2D eigenvalue weighted by molar-refractivity contribution is -0.259. The van der Waals surface area contributed by atoms with Gasteiger partial charge < -0.3 is 23.7 Å². The van der Waals surface area contributed by atoms with Gasteiger partial charge in [0.1, 0.15) is 5.75 Å². The van der Waals surface area contributed by atoms with Crippen LogP contribution in [-0.4, -0.2) is 54.9 Å². The van der Waals surface area contributed by atoms with Crippen molar-refractivity contribution in [1.82, 2.24) is 0 Å². The molecule has 37 heavy (non-hydrogen) atoms. The smallest absolute Gasteiger partial charge is 0.416 e. The minimum atomic E-state index is -4.52. The second kappa shape index (κ2) is 11.4. The molecule has 1 unspecified atom stereocenters. The van der Waals surface area contributed by atoms with Gasteiger partial charge in [0.05, 0.1) is 12.2 Å². The third-order valence-corrected chi connectivity index (χ3v) is 5.15. The molecule has 0 amide bonds. The minimum Gasteiger partial charge on any atom is -0.461 e. The number of ketones is 1. The van der Waals surface area contributed by atoms with E-state index in [0.29, 0.717) is 0 Å². The molecule has 1 heterocycles. The molecule has 0 saturated carbocycles. The predicted molar refractivity (Wildman–Crippen MR) is 118 cm³/mol. The van der Waals surface area contributed by atoms with Crippen molar-refractivity contribution < 1.29 is 56.0 Å². The molecular formula is C25H23F3O9. The van der Waals surface area contributed by atoms with E-state index in [-0.39, 0.29) is 23.5 Å². The molecule has 3 rings (SSSR count). The summed E-state index contributed by atoms with van der Waals surface area (Å²) in [6.07, 6.45) is -9.36. The molecule has 1 fully saturated rings. The van der Waals surface area contributed by atoms with E-state index in [1.165, 1.54) is 24.3 Å². The largest absolute Gasteiger partial charge is 0.461 e. The third kappa shape index (κ3) is 7.29. The van der Waals surface area contributed by atoms with Crippen molar-refractivity contribution in [2.45, 2.75) is 51.5 Å². The van der Waals surface area contributed by atoms with Crippen LogP contribution in [0.15, 0.2) is 48.5 Å². The maximum atomic E-state index is 12.8. The maximum absolute atomic E-state index is 12.8. The standard InChI is InChI=1S/C25H23F3O9/c1-13(29)34-20-12-33-24(23(36-15(3)31)22(20)35-14(2)30)37-19-10-6-17(7-11-19)21(32)16-4-8-18(9-5-16)25(26,27)28/h4-11,20,22-24H,12H2,1-3H3/t20-,22+,23-,24?/m1/s1. The molecule has 1 saturated heterocycles. The zero-order chi connectivity index (χ0) is 27.3. The van der Waals surface area contributed by atoms with Crippen LogP contribution in [0.4, 0.5) is 13.2 Å². The highest BCUT2D eigenvalue weighted by Gasteiger charge is 2.48. The average Bonchev–Trinajstić information content (AvgIpc) is 2.81. The zero-order valence-corrected chi connectivity index (χ0v) is 19.9. The van der Waals surface area contributed by atoms with E-state index in [4.69, 9.17) is 23.7 Å². The number of alkyl halides is 3. The summed E-state index contributed by atoms with van der Waals surface area (Å²) in [6.45, 7) is 3.18. The molecule has 0 N–H and O–H groups in total. The molecular weight excluding hydrogens is 501 g/mol. The summed E-state index contributed by atoms with van der Waals surface area (Å²) in [5, 5.41) is 0. The van der Waals surface area contributed by atoms with Crippen molar-refractivity contribution in [3.63, 3.8) is 0 Å². The van der Waals surface area contributed by atoms with Crippen LogP contribution >= 0.6 is 0 Å². The second-order valence-electron chi connectivity index (χ2n) is 8.04. The average molecular weight is 524 g/mol. The monoisotopic (exact) mass is 524 g/mol. The number of carbonyl (C=O) groups excluding carboxylic acids is 4. The van der Waals surface area contributed by atoms with Crippen molar-refractivity contribution in [2.75, 3.05) is 6.61 Å². The quantitative estimate of drug-likeness (QED) is 0.305. The van der Waals surface area contributed by atoms with Gasteiger partial charge in [-0.15, -0.1) is 0 Å². The topological polar surface area (TPSA) is 114 Å². The Morgan fingerprint density at radius 1 is 0.757 bits per heavy atom. The molecule has 4 atom stereocenters. The van der Waals surface area contributed by atoms with Crippen molar-refractivity contribution in [3.05, 3.63) is 65.2 Å². The Kier molecular flexibility index (Phi) is 8.53. The molecule has 2 aromatic rings.